The van der Waals surface area contributed by atoms with Gasteiger partial charge in [0, 0.05) is 67.9 Å². The van der Waals surface area contributed by atoms with Gasteiger partial charge in [-0.3, -0.25) is 9.88 Å². The van der Waals surface area contributed by atoms with Crippen LogP contribution in [0.3, 0.4) is 0 Å². The number of pyridine rings is 1. The van der Waals surface area contributed by atoms with Gasteiger partial charge in [-0.2, -0.15) is 5.26 Å². The van der Waals surface area contributed by atoms with E-state index in [1.165, 1.54) is 6.20 Å². The topological polar surface area (TPSA) is 111 Å². The van der Waals surface area contributed by atoms with Crippen LogP contribution in [0.2, 0.25) is 10.0 Å². The molecule has 0 unspecified atom stereocenters. The van der Waals surface area contributed by atoms with Crippen LogP contribution in [0.4, 0.5) is 0 Å². The lowest BCUT2D eigenvalue weighted by atomic mass is 9.96. The Hall–Kier alpha value is -3.88. The van der Waals surface area contributed by atoms with Crippen LogP contribution in [-0.4, -0.2) is 76.5 Å². The zero-order chi connectivity index (χ0) is 36.5. The fraction of sp³-hybridized carbons (Fsp3) is 0.400. The molecule has 1 aliphatic heterocycles. The van der Waals surface area contributed by atoms with E-state index in [0.717, 1.165) is 65.9 Å². The van der Waals surface area contributed by atoms with Gasteiger partial charge in [0.05, 0.1) is 33.9 Å². The zero-order valence-electron chi connectivity index (χ0n) is 29.7. The Morgan fingerprint density at radius 2 is 1.75 bits per heavy atom. The molecule has 51 heavy (non-hydrogen) atoms. The molecule has 2 N–H and O–H groups in total. The first-order chi connectivity index (χ1) is 24.4. The first-order valence-electron chi connectivity index (χ1n) is 17.1. The fourth-order valence-corrected chi connectivity index (χ4v) is 6.87. The Labute approximate surface area is 310 Å². The summed E-state index contributed by atoms with van der Waals surface area (Å²) in [5, 5.41) is 30.4. The second-order valence-electron chi connectivity index (χ2n) is 13.8. The van der Waals surface area contributed by atoms with Crippen molar-refractivity contribution in [2.75, 3.05) is 39.8 Å². The molecule has 5 rings (SSSR count). The van der Waals surface area contributed by atoms with Gasteiger partial charge in [-0.05, 0) is 75.5 Å². The number of likely N-dealkylation sites (N-methyl/N-ethyl adjacent to an activating group) is 1. The normalized spacial score (nSPS) is 14.9. The largest absolute Gasteiger partial charge is 0.492 e. The van der Waals surface area contributed by atoms with E-state index in [1.807, 2.05) is 61.3 Å². The molecule has 1 atom stereocenters. The molecule has 3 aromatic carbocycles. The van der Waals surface area contributed by atoms with Crippen molar-refractivity contribution < 1.29 is 24.4 Å². The number of nitriles is 1. The number of ether oxygens (including phenoxy) is 3. The number of aromatic nitrogens is 1. The minimum atomic E-state index is -0.879. The molecule has 270 valence electrons. The van der Waals surface area contributed by atoms with Gasteiger partial charge < -0.3 is 29.3 Å². The molecule has 4 aromatic rings. The van der Waals surface area contributed by atoms with Crippen LogP contribution in [0.25, 0.3) is 11.1 Å². The summed E-state index contributed by atoms with van der Waals surface area (Å²) in [7, 11) is 1.92. The van der Waals surface area contributed by atoms with E-state index < -0.39 is 5.60 Å². The molecule has 1 saturated heterocycles. The third-order valence-electron chi connectivity index (χ3n) is 8.74. The number of likely N-dealkylation sites (tertiary alicyclic amines) is 1. The first kappa shape index (κ1) is 38.4. The standard InChI is InChI=1S/C40H46Cl2N4O5/c1-27-30(8-5-9-33(27)34-10-6-11-36(39(34)42)49-15-7-13-46-14-12-32(47)23-46)25-51-38-18-37(50-24-29-16-28(19-43)20-44-21-29)31(17-35(38)41)22-45(4)26-40(2,3)48/h5-6,8-11,16-18,20-21,32,47-48H,7,12-15,22-26H2,1-4H3/t32-/m1/s1. The van der Waals surface area contributed by atoms with E-state index in [-0.39, 0.29) is 19.3 Å². The number of benzene rings is 3. The zero-order valence-corrected chi connectivity index (χ0v) is 31.2. The summed E-state index contributed by atoms with van der Waals surface area (Å²) >= 11 is 13.7. The lowest BCUT2D eigenvalue weighted by Crippen LogP contribution is -2.35. The van der Waals surface area contributed by atoms with E-state index in [4.69, 9.17) is 37.4 Å². The summed E-state index contributed by atoms with van der Waals surface area (Å²) in [5.41, 5.74) is 5.00. The Morgan fingerprint density at radius 1 is 0.980 bits per heavy atom. The summed E-state index contributed by atoms with van der Waals surface area (Å²) in [4.78, 5) is 8.40. The second kappa shape index (κ2) is 17.6. The van der Waals surface area contributed by atoms with Crippen molar-refractivity contribution >= 4 is 23.2 Å². The summed E-state index contributed by atoms with van der Waals surface area (Å²) in [6, 6.07) is 19.3. The van der Waals surface area contributed by atoms with Crippen molar-refractivity contribution in [3.05, 3.63) is 105 Å². The summed E-state index contributed by atoms with van der Waals surface area (Å²) in [5.74, 6) is 1.68. The minimum Gasteiger partial charge on any atom is -0.492 e. The smallest absolute Gasteiger partial charge is 0.142 e. The second-order valence-corrected chi connectivity index (χ2v) is 14.6. The fourth-order valence-electron chi connectivity index (χ4n) is 6.34. The number of hydrogen-bond donors (Lipinski definition) is 2. The molecule has 0 saturated carbocycles. The molecule has 0 bridgehead atoms. The van der Waals surface area contributed by atoms with Crippen LogP contribution in [0.15, 0.2) is 67.0 Å². The van der Waals surface area contributed by atoms with Crippen molar-refractivity contribution in [2.24, 2.45) is 0 Å². The summed E-state index contributed by atoms with van der Waals surface area (Å²) < 4.78 is 18.7. The molecule has 11 heteroatoms. The van der Waals surface area contributed by atoms with Crippen LogP contribution in [0.1, 0.15) is 54.5 Å². The van der Waals surface area contributed by atoms with Gasteiger partial charge in [-0.15, -0.1) is 0 Å². The predicted molar refractivity (Wildman–Crippen MR) is 201 cm³/mol. The van der Waals surface area contributed by atoms with Crippen molar-refractivity contribution in [1.82, 2.24) is 14.8 Å². The lowest BCUT2D eigenvalue weighted by molar-refractivity contribution is 0.0422. The Kier molecular flexibility index (Phi) is 13.2. The Bertz CT molecular complexity index is 1840. The number of hydrogen-bond acceptors (Lipinski definition) is 9. The molecule has 9 nitrogen and oxygen atoms in total. The molecular formula is C40H46Cl2N4O5. The van der Waals surface area contributed by atoms with Gasteiger partial charge >= 0.3 is 0 Å². The third-order valence-corrected chi connectivity index (χ3v) is 9.42. The molecular weight excluding hydrogens is 687 g/mol. The highest BCUT2D eigenvalue weighted by Gasteiger charge is 2.21. The Morgan fingerprint density at radius 3 is 2.49 bits per heavy atom. The summed E-state index contributed by atoms with van der Waals surface area (Å²) in [6.07, 6.45) is 4.62. The van der Waals surface area contributed by atoms with Crippen LogP contribution in [0.5, 0.6) is 17.2 Å². The molecule has 1 aliphatic rings. The van der Waals surface area contributed by atoms with Crippen molar-refractivity contribution in [3.8, 4) is 34.4 Å². The molecule has 0 spiro atoms. The van der Waals surface area contributed by atoms with Gasteiger partial charge in [0.15, 0.2) is 0 Å². The Balaban J connectivity index is 1.31. The molecule has 1 aromatic heterocycles. The monoisotopic (exact) mass is 732 g/mol. The highest BCUT2D eigenvalue weighted by molar-refractivity contribution is 6.35. The van der Waals surface area contributed by atoms with Crippen molar-refractivity contribution in [3.63, 3.8) is 0 Å². The van der Waals surface area contributed by atoms with Crippen molar-refractivity contribution in [1.29, 1.82) is 5.26 Å². The molecule has 1 fully saturated rings. The van der Waals surface area contributed by atoms with Crippen LogP contribution in [-0.2, 0) is 19.8 Å². The quantitative estimate of drug-likeness (QED) is 0.114. The average molecular weight is 734 g/mol. The maximum Gasteiger partial charge on any atom is 0.142 e. The van der Waals surface area contributed by atoms with E-state index in [0.29, 0.717) is 52.6 Å². The number of β-amino-alcohol motifs (C(OH)–C–C–N with tert-alkyl or cyclic N) is 1. The molecule has 2 heterocycles. The van der Waals surface area contributed by atoms with E-state index >= 15 is 0 Å². The maximum absolute atomic E-state index is 10.4. The van der Waals surface area contributed by atoms with Crippen LogP contribution < -0.4 is 14.2 Å². The third kappa shape index (κ3) is 10.8. The number of aliphatic hydroxyl groups is 2. The molecule has 0 amide bonds. The lowest BCUT2D eigenvalue weighted by Gasteiger charge is -2.26. The van der Waals surface area contributed by atoms with E-state index in [9.17, 15) is 15.5 Å². The number of rotatable bonds is 16. The van der Waals surface area contributed by atoms with Gasteiger partial charge in [0.25, 0.3) is 0 Å². The first-order valence-corrected chi connectivity index (χ1v) is 17.9. The SMILES string of the molecule is Cc1c(COc2cc(OCc3cncc(C#N)c3)c(CN(C)CC(C)(C)O)cc2Cl)cccc1-c1cccc(OCCCN2CC[C@@H](O)C2)c1Cl. The van der Waals surface area contributed by atoms with Crippen LogP contribution >= 0.6 is 23.2 Å². The van der Waals surface area contributed by atoms with E-state index in [1.54, 1.807) is 32.2 Å². The number of halogens is 2. The summed E-state index contributed by atoms with van der Waals surface area (Å²) in [6.45, 7) is 9.99. The predicted octanol–water partition coefficient (Wildman–Crippen LogP) is 7.43. The van der Waals surface area contributed by atoms with Gasteiger partial charge in [0.2, 0.25) is 0 Å². The number of nitrogens with zero attached hydrogens (tertiary/aromatic N) is 4. The van der Waals surface area contributed by atoms with Gasteiger partial charge in [0.1, 0.15) is 36.5 Å². The average Bonchev–Trinajstić information content (AvgIpc) is 3.51. The van der Waals surface area contributed by atoms with Gasteiger partial charge in [-0.25, -0.2) is 0 Å². The highest BCUT2D eigenvalue weighted by atomic mass is 35.5. The van der Waals surface area contributed by atoms with E-state index in [2.05, 4.69) is 16.0 Å². The van der Waals surface area contributed by atoms with Crippen molar-refractivity contribution in [2.45, 2.75) is 65.1 Å². The highest BCUT2D eigenvalue weighted by Crippen LogP contribution is 2.39. The molecule has 0 aliphatic carbocycles. The molecule has 0 radical (unpaired) electrons. The van der Waals surface area contributed by atoms with Gasteiger partial charge in [-0.1, -0.05) is 53.5 Å². The minimum absolute atomic E-state index is 0.194. The number of aliphatic hydroxyl groups excluding tert-OH is 1. The van der Waals surface area contributed by atoms with Crippen LogP contribution in [0, 0.1) is 18.3 Å². The maximum atomic E-state index is 10.4.